The summed E-state index contributed by atoms with van der Waals surface area (Å²) < 4.78 is 5.29. The van der Waals surface area contributed by atoms with Crippen LogP contribution in [0.1, 0.15) is 30.2 Å². The number of aromatic nitrogens is 1. The van der Waals surface area contributed by atoms with Gasteiger partial charge in [0.05, 0.1) is 31.8 Å². The zero-order valence-electron chi connectivity index (χ0n) is 17.9. The van der Waals surface area contributed by atoms with E-state index < -0.39 is 6.04 Å². The molecule has 7 heteroatoms. The van der Waals surface area contributed by atoms with Crippen LogP contribution >= 0.6 is 0 Å². The minimum Gasteiger partial charge on any atom is -0.497 e. The quantitative estimate of drug-likeness (QED) is 0.721. The van der Waals surface area contributed by atoms with Crippen LogP contribution in [0.3, 0.4) is 0 Å². The third-order valence-corrected chi connectivity index (χ3v) is 5.45. The summed E-state index contributed by atoms with van der Waals surface area (Å²) in [6.45, 7) is 4.37. The number of amides is 2. The van der Waals surface area contributed by atoms with Crippen molar-refractivity contribution in [2.45, 2.75) is 38.9 Å². The van der Waals surface area contributed by atoms with Crippen molar-refractivity contribution in [1.29, 1.82) is 0 Å². The average Bonchev–Trinajstić information content (AvgIpc) is 2.76. The molecule has 1 unspecified atom stereocenters. The Morgan fingerprint density at radius 2 is 2.13 bits per heavy atom. The molecule has 1 aromatic carbocycles. The lowest BCUT2D eigenvalue weighted by molar-refractivity contribution is -0.138. The van der Waals surface area contributed by atoms with Crippen LogP contribution < -0.4 is 10.1 Å². The fourth-order valence-electron chi connectivity index (χ4n) is 3.59. The molecule has 7 nitrogen and oxygen atoms in total. The van der Waals surface area contributed by atoms with E-state index in [-0.39, 0.29) is 18.2 Å². The molecule has 1 aliphatic heterocycles. The maximum absolute atomic E-state index is 12.9. The first-order chi connectivity index (χ1) is 14.5. The van der Waals surface area contributed by atoms with Crippen molar-refractivity contribution in [1.82, 2.24) is 20.1 Å². The van der Waals surface area contributed by atoms with Gasteiger partial charge in [0, 0.05) is 32.9 Å². The Bertz CT molecular complexity index is 869. The summed E-state index contributed by atoms with van der Waals surface area (Å²) in [6, 6.07) is 11.3. The Hall–Kier alpha value is -2.93. The fraction of sp³-hybridized carbons (Fsp3) is 0.435. The summed E-state index contributed by atoms with van der Waals surface area (Å²) in [5.74, 6) is 0.605. The monoisotopic (exact) mass is 410 g/mol. The highest BCUT2D eigenvalue weighted by Crippen LogP contribution is 2.18. The van der Waals surface area contributed by atoms with E-state index in [1.165, 1.54) is 5.56 Å². The first-order valence-electron chi connectivity index (χ1n) is 10.3. The number of nitrogens with one attached hydrogen (secondary N) is 1. The Morgan fingerprint density at radius 3 is 2.83 bits per heavy atom. The van der Waals surface area contributed by atoms with Crippen LogP contribution in [-0.2, 0) is 29.1 Å². The molecular weight excluding hydrogens is 380 g/mol. The number of nitrogens with zero attached hydrogens (tertiary/aromatic N) is 3. The molecule has 1 aliphatic rings. The van der Waals surface area contributed by atoms with Crippen molar-refractivity contribution in [2.24, 2.45) is 0 Å². The highest BCUT2D eigenvalue weighted by molar-refractivity contribution is 5.88. The van der Waals surface area contributed by atoms with E-state index in [2.05, 4.69) is 22.1 Å². The maximum atomic E-state index is 12.9. The number of rotatable bonds is 8. The van der Waals surface area contributed by atoms with E-state index in [4.69, 9.17) is 4.74 Å². The molecule has 0 spiro atoms. The van der Waals surface area contributed by atoms with E-state index in [9.17, 15) is 9.59 Å². The van der Waals surface area contributed by atoms with Crippen molar-refractivity contribution in [3.63, 3.8) is 0 Å². The Balaban J connectivity index is 1.64. The van der Waals surface area contributed by atoms with Gasteiger partial charge in [-0.2, -0.15) is 0 Å². The molecule has 0 bridgehead atoms. The largest absolute Gasteiger partial charge is 0.497 e. The number of aryl methyl sites for hydroxylation is 1. The fourth-order valence-corrected chi connectivity index (χ4v) is 3.59. The molecule has 1 saturated heterocycles. The van der Waals surface area contributed by atoms with Crippen molar-refractivity contribution in [3.05, 3.63) is 59.4 Å². The van der Waals surface area contributed by atoms with Gasteiger partial charge >= 0.3 is 0 Å². The van der Waals surface area contributed by atoms with Crippen LogP contribution in [0.25, 0.3) is 0 Å². The smallest absolute Gasteiger partial charge is 0.237 e. The molecule has 2 heterocycles. The molecule has 1 aromatic heterocycles. The van der Waals surface area contributed by atoms with E-state index in [1.807, 2.05) is 42.6 Å². The third-order valence-electron chi connectivity index (χ3n) is 5.45. The average molecular weight is 411 g/mol. The summed E-state index contributed by atoms with van der Waals surface area (Å²) in [5, 5.41) is 2.89. The van der Waals surface area contributed by atoms with Crippen LogP contribution in [0.2, 0.25) is 0 Å². The second-order valence-corrected chi connectivity index (χ2v) is 7.59. The van der Waals surface area contributed by atoms with Crippen molar-refractivity contribution < 1.29 is 14.3 Å². The predicted octanol–water partition coefficient (Wildman–Crippen LogP) is 2.00. The highest BCUT2D eigenvalue weighted by atomic mass is 16.5. The molecule has 160 valence electrons. The number of hydrogen-bond acceptors (Lipinski definition) is 5. The van der Waals surface area contributed by atoms with Crippen LogP contribution in [0.5, 0.6) is 5.75 Å². The third kappa shape index (κ3) is 5.57. The Labute approximate surface area is 178 Å². The van der Waals surface area contributed by atoms with Crippen molar-refractivity contribution in [3.8, 4) is 5.75 Å². The van der Waals surface area contributed by atoms with Crippen molar-refractivity contribution >= 4 is 11.8 Å². The number of hydrogen-bond donors (Lipinski definition) is 1. The second-order valence-electron chi connectivity index (χ2n) is 7.59. The zero-order valence-corrected chi connectivity index (χ0v) is 17.9. The van der Waals surface area contributed by atoms with Gasteiger partial charge in [0.2, 0.25) is 11.8 Å². The standard InChI is InChI=1S/C23H30N4O3/c1-4-17-8-9-19(25-14-17)16-26(2)22(28)13-21-23(29)24-10-11-27(21)15-18-6-5-7-20(12-18)30-3/h5-9,12,14,21H,4,10-11,13,15-16H2,1-3H3,(H,24,29). The number of piperazine rings is 1. The van der Waals surface area contributed by atoms with Gasteiger partial charge in [-0.25, -0.2) is 0 Å². The lowest BCUT2D eigenvalue weighted by Crippen LogP contribution is -2.56. The molecular formula is C23H30N4O3. The van der Waals surface area contributed by atoms with E-state index in [0.717, 1.165) is 23.4 Å². The van der Waals surface area contributed by atoms with Gasteiger partial charge < -0.3 is 15.0 Å². The topological polar surface area (TPSA) is 74.8 Å². The molecule has 3 rings (SSSR count). The molecule has 1 atom stereocenters. The van der Waals surface area contributed by atoms with E-state index >= 15 is 0 Å². The van der Waals surface area contributed by atoms with Gasteiger partial charge in [-0.1, -0.05) is 25.1 Å². The second kappa shape index (κ2) is 10.2. The number of carbonyl (C=O) groups is 2. The summed E-state index contributed by atoms with van der Waals surface area (Å²) in [7, 11) is 3.39. The summed E-state index contributed by atoms with van der Waals surface area (Å²) in [4.78, 5) is 33.5. The van der Waals surface area contributed by atoms with Gasteiger partial charge in [0.1, 0.15) is 5.75 Å². The number of benzene rings is 1. The minimum atomic E-state index is -0.490. The van der Waals surface area contributed by atoms with Crippen LogP contribution in [0.4, 0.5) is 0 Å². The summed E-state index contributed by atoms with van der Waals surface area (Å²) in [6.07, 6.45) is 2.92. The molecule has 0 radical (unpaired) electrons. The van der Waals surface area contributed by atoms with Crippen LogP contribution in [0.15, 0.2) is 42.6 Å². The lowest BCUT2D eigenvalue weighted by Gasteiger charge is -2.35. The Morgan fingerprint density at radius 1 is 1.30 bits per heavy atom. The number of ether oxygens (including phenoxy) is 1. The van der Waals surface area contributed by atoms with Gasteiger partial charge in [-0.15, -0.1) is 0 Å². The molecule has 1 N–H and O–H groups in total. The van der Waals surface area contributed by atoms with Gasteiger partial charge in [0.25, 0.3) is 0 Å². The molecule has 30 heavy (non-hydrogen) atoms. The highest BCUT2D eigenvalue weighted by Gasteiger charge is 2.32. The van der Waals surface area contributed by atoms with Gasteiger partial charge in [-0.05, 0) is 35.7 Å². The lowest BCUT2D eigenvalue weighted by atomic mass is 10.1. The van der Waals surface area contributed by atoms with Gasteiger partial charge in [0.15, 0.2) is 0 Å². The number of carbonyl (C=O) groups excluding carboxylic acids is 2. The minimum absolute atomic E-state index is 0.0749. The first-order valence-corrected chi connectivity index (χ1v) is 10.3. The molecule has 1 fully saturated rings. The van der Waals surface area contributed by atoms with E-state index in [1.54, 1.807) is 19.1 Å². The first kappa shape index (κ1) is 21.8. The summed E-state index contributed by atoms with van der Waals surface area (Å²) in [5.41, 5.74) is 3.05. The van der Waals surface area contributed by atoms with Gasteiger partial charge in [-0.3, -0.25) is 19.5 Å². The van der Waals surface area contributed by atoms with Crippen molar-refractivity contribution in [2.75, 3.05) is 27.2 Å². The molecule has 0 aliphatic carbocycles. The number of pyridine rings is 1. The number of methoxy groups -OCH3 is 1. The SMILES string of the molecule is CCc1ccc(CN(C)C(=O)CC2C(=O)NCCN2Cc2cccc(OC)c2)nc1. The molecule has 0 saturated carbocycles. The molecule has 2 amide bonds. The maximum Gasteiger partial charge on any atom is 0.237 e. The van der Waals surface area contributed by atoms with Crippen LogP contribution in [-0.4, -0.2) is 59.9 Å². The van der Waals surface area contributed by atoms with E-state index in [0.29, 0.717) is 26.2 Å². The normalized spacial score (nSPS) is 16.8. The molecule has 2 aromatic rings. The zero-order chi connectivity index (χ0) is 21.5. The van der Waals surface area contributed by atoms with Crippen LogP contribution in [0, 0.1) is 0 Å². The summed E-state index contributed by atoms with van der Waals surface area (Å²) >= 11 is 0. The predicted molar refractivity (Wildman–Crippen MR) is 115 cm³/mol. The Kier molecular flexibility index (Phi) is 7.41.